The molecule has 0 aromatic heterocycles. The van der Waals surface area contributed by atoms with Crippen molar-refractivity contribution in [1.82, 2.24) is 15.5 Å². The van der Waals surface area contributed by atoms with E-state index in [1.807, 2.05) is 18.2 Å². The normalized spacial score (nSPS) is 18.4. The van der Waals surface area contributed by atoms with Crippen molar-refractivity contribution in [1.29, 1.82) is 0 Å². The van der Waals surface area contributed by atoms with Crippen LogP contribution in [0.4, 0.5) is 8.78 Å². The third-order valence-electron chi connectivity index (χ3n) is 6.67. The molecule has 2 fully saturated rings. The number of benzene rings is 2. The minimum Gasteiger partial charge on any atom is -0.494 e. The number of hydrogen-bond acceptors (Lipinski definition) is 3. The van der Waals surface area contributed by atoms with Crippen LogP contribution in [0.1, 0.15) is 36.8 Å². The van der Waals surface area contributed by atoms with E-state index in [4.69, 9.17) is 4.74 Å². The summed E-state index contributed by atoms with van der Waals surface area (Å²) in [5, 5.41) is 6.94. The molecular formula is C25H33F2IN4O. The maximum Gasteiger partial charge on any atom is 0.191 e. The number of likely N-dealkylation sites (tertiary alicyclic amines) is 1. The van der Waals surface area contributed by atoms with Crippen LogP contribution in [0.15, 0.2) is 47.5 Å². The van der Waals surface area contributed by atoms with Gasteiger partial charge in [0.2, 0.25) is 0 Å². The van der Waals surface area contributed by atoms with Gasteiger partial charge in [0, 0.05) is 44.7 Å². The van der Waals surface area contributed by atoms with Gasteiger partial charge >= 0.3 is 0 Å². The first kappa shape index (κ1) is 25.7. The zero-order valence-electron chi connectivity index (χ0n) is 19.2. The number of aliphatic imine (C=N–C) groups is 1. The molecule has 2 N–H and O–H groups in total. The number of rotatable bonds is 7. The van der Waals surface area contributed by atoms with Crippen LogP contribution >= 0.6 is 24.0 Å². The fourth-order valence-corrected chi connectivity index (χ4v) is 4.53. The molecule has 1 aliphatic heterocycles. The van der Waals surface area contributed by atoms with Crippen LogP contribution in [0.3, 0.4) is 0 Å². The third kappa shape index (κ3) is 6.35. The Labute approximate surface area is 212 Å². The van der Waals surface area contributed by atoms with E-state index in [1.54, 1.807) is 25.2 Å². The van der Waals surface area contributed by atoms with Gasteiger partial charge in [0.25, 0.3) is 0 Å². The summed E-state index contributed by atoms with van der Waals surface area (Å²) in [4.78, 5) is 6.72. The molecule has 1 heterocycles. The Kier molecular flexibility index (Phi) is 8.92. The van der Waals surface area contributed by atoms with Gasteiger partial charge in [0.1, 0.15) is 5.82 Å². The average molecular weight is 570 g/mol. The van der Waals surface area contributed by atoms with Crippen molar-refractivity contribution >= 4 is 29.9 Å². The molecule has 2 aromatic rings. The Balaban J connectivity index is 0.00000306. The number of halogens is 3. The highest BCUT2D eigenvalue weighted by molar-refractivity contribution is 14.0. The van der Waals surface area contributed by atoms with Crippen LogP contribution in [0.2, 0.25) is 0 Å². The minimum absolute atomic E-state index is 0. The lowest BCUT2D eigenvalue weighted by Crippen LogP contribution is -2.49. The van der Waals surface area contributed by atoms with E-state index in [-0.39, 0.29) is 46.8 Å². The monoisotopic (exact) mass is 570 g/mol. The molecule has 0 spiro atoms. The number of hydrogen-bond donors (Lipinski definition) is 2. The fourth-order valence-electron chi connectivity index (χ4n) is 4.53. The maximum absolute atomic E-state index is 14.3. The van der Waals surface area contributed by atoms with Crippen LogP contribution < -0.4 is 15.4 Å². The first-order valence-corrected chi connectivity index (χ1v) is 11.3. The maximum atomic E-state index is 14.3. The van der Waals surface area contributed by atoms with Gasteiger partial charge in [-0.25, -0.2) is 8.78 Å². The molecule has 0 amide bonds. The fraction of sp³-hybridized carbons (Fsp3) is 0.480. The molecule has 1 saturated carbocycles. The lowest BCUT2D eigenvalue weighted by Gasteiger charge is -2.33. The number of methoxy groups -OCH3 is 1. The number of nitrogens with zero attached hydrogens (tertiary/aromatic N) is 2. The molecular weight excluding hydrogens is 537 g/mol. The molecule has 0 bridgehead atoms. The van der Waals surface area contributed by atoms with Gasteiger partial charge in [-0.3, -0.25) is 9.89 Å². The van der Waals surface area contributed by atoms with Crippen molar-refractivity contribution in [2.45, 2.75) is 43.7 Å². The predicted octanol–water partition coefficient (Wildman–Crippen LogP) is 4.45. The van der Waals surface area contributed by atoms with Crippen molar-refractivity contribution < 1.29 is 13.5 Å². The van der Waals surface area contributed by atoms with E-state index in [1.165, 1.54) is 13.2 Å². The summed E-state index contributed by atoms with van der Waals surface area (Å²) < 4.78 is 33.2. The smallest absolute Gasteiger partial charge is 0.191 e. The second-order valence-electron chi connectivity index (χ2n) is 8.85. The molecule has 0 unspecified atom stereocenters. The molecule has 1 aliphatic carbocycles. The first-order chi connectivity index (χ1) is 15.5. The standard InChI is InChI=1S/C25H32F2N4O.HI/c1-28-24(29-17-25(11-12-25)20-5-3-4-6-21(20)26)30-19-9-13-31(14-10-19)16-18-7-8-23(32-2)22(27)15-18;/h3-8,15,19H,9-14,16-17H2,1-2H3,(H2,28,29,30);1H. The number of piperidine rings is 1. The second-order valence-corrected chi connectivity index (χ2v) is 8.85. The highest BCUT2D eigenvalue weighted by Crippen LogP contribution is 2.48. The number of guanidine groups is 1. The summed E-state index contributed by atoms with van der Waals surface area (Å²) in [7, 11) is 3.24. The van der Waals surface area contributed by atoms with Crippen molar-refractivity contribution in [2.75, 3.05) is 33.8 Å². The highest BCUT2D eigenvalue weighted by Gasteiger charge is 2.45. The molecule has 4 rings (SSSR count). The minimum atomic E-state index is -0.319. The Morgan fingerprint density at radius 2 is 1.85 bits per heavy atom. The second kappa shape index (κ2) is 11.5. The summed E-state index contributed by atoms with van der Waals surface area (Å²) in [6, 6.07) is 12.6. The van der Waals surface area contributed by atoms with E-state index < -0.39 is 0 Å². The molecule has 8 heteroatoms. The van der Waals surface area contributed by atoms with Crippen molar-refractivity contribution in [3.05, 3.63) is 65.2 Å². The highest BCUT2D eigenvalue weighted by atomic mass is 127. The molecule has 33 heavy (non-hydrogen) atoms. The third-order valence-corrected chi connectivity index (χ3v) is 6.67. The Hall–Kier alpha value is -1.94. The van der Waals surface area contributed by atoms with E-state index >= 15 is 0 Å². The van der Waals surface area contributed by atoms with Crippen molar-refractivity contribution in [3.8, 4) is 5.75 Å². The largest absolute Gasteiger partial charge is 0.494 e. The van der Waals surface area contributed by atoms with Gasteiger partial charge in [-0.15, -0.1) is 24.0 Å². The Bertz CT molecular complexity index is 959. The van der Waals surface area contributed by atoms with E-state index in [2.05, 4.69) is 20.5 Å². The summed E-state index contributed by atoms with van der Waals surface area (Å²) >= 11 is 0. The van der Waals surface area contributed by atoms with Crippen LogP contribution in [0, 0.1) is 11.6 Å². The summed E-state index contributed by atoms with van der Waals surface area (Å²) in [6.07, 6.45) is 3.94. The van der Waals surface area contributed by atoms with Crippen LogP contribution in [0.25, 0.3) is 0 Å². The summed E-state index contributed by atoms with van der Waals surface area (Å²) in [5.41, 5.74) is 1.63. The first-order valence-electron chi connectivity index (χ1n) is 11.3. The number of nitrogens with one attached hydrogen (secondary N) is 2. The van der Waals surface area contributed by atoms with Gasteiger partial charge in [0.15, 0.2) is 17.5 Å². The van der Waals surface area contributed by atoms with E-state index in [9.17, 15) is 8.78 Å². The average Bonchev–Trinajstić information content (AvgIpc) is 3.59. The predicted molar refractivity (Wildman–Crippen MR) is 138 cm³/mol. The van der Waals surface area contributed by atoms with Gasteiger partial charge in [0.05, 0.1) is 7.11 Å². The van der Waals surface area contributed by atoms with Gasteiger partial charge in [-0.2, -0.15) is 0 Å². The van der Waals surface area contributed by atoms with E-state index in [0.717, 1.165) is 62.4 Å². The Morgan fingerprint density at radius 1 is 1.12 bits per heavy atom. The molecule has 0 radical (unpaired) electrons. The van der Waals surface area contributed by atoms with Crippen molar-refractivity contribution in [2.24, 2.45) is 4.99 Å². The van der Waals surface area contributed by atoms with Crippen LogP contribution in [0.5, 0.6) is 5.75 Å². The SMILES string of the molecule is CN=C(NCC1(c2ccccc2F)CC1)NC1CCN(Cc2ccc(OC)c(F)c2)CC1.I. The molecule has 2 aliphatic rings. The zero-order chi connectivity index (χ0) is 22.6. The topological polar surface area (TPSA) is 48.9 Å². The zero-order valence-corrected chi connectivity index (χ0v) is 21.6. The summed E-state index contributed by atoms with van der Waals surface area (Å²) in [6.45, 7) is 3.27. The van der Waals surface area contributed by atoms with Crippen molar-refractivity contribution in [3.63, 3.8) is 0 Å². The van der Waals surface area contributed by atoms with Gasteiger partial charge in [-0.1, -0.05) is 24.3 Å². The quantitative estimate of drug-likeness (QED) is 0.294. The Morgan fingerprint density at radius 3 is 2.45 bits per heavy atom. The van der Waals surface area contributed by atoms with Crippen LogP contribution in [-0.2, 0) is 12.0 Å². The van der Waals surface area contributed by atoms with Gasteiger partial charge in [-0.05, 0) is 55.0 Å². The summed E-state index contributed by atoms with van der Waals surface area (Å²) in [5.74, 6) is 0.598. The van der Waals surface area contributed by atoms with Gasteiger partial charge < -0.3 is 15.4 Å². The molecule has 180 valence electrons. The van der Waals surface area contributed by atoms with E-state index in [0.29, 0.717) is 12.6 Å². The molecule has 5 nitrogen and oxygen atoms in total. The molecule has 1 saturated heterocycles. The lowest BCUT2D eigenvalue weighted by atomic mass is 9.95. The lowest BCUT2D eigenvalue weighted by molar-refractivity contribution is 0.198. The number of ether oxygens (including phenoxy) is 1. The molecule has 0 atom stereocenters. The molecule has 2 aromatic carbocycles. The van der Waals surface area contributed by atoms with Crippen LogP contribution in [-0.4, -0.2) is 50.7 Å².